The predicted molar refractivity (Wildman–Crippen MR) is 79.1 cm³/mol. The van der Waals surface area contributed by atoms with Crippen LogP contribution in [-0.2, 0) is 9.53 Å². The van der Waals surface area contributed by atoms with Crippen LogP contribution in [0.2, 0.25) is 0 Å². The molecule has 1 aliphatic rings. The number of esters is 1. The van der Waals surface area contributed by atoms with E-state index in [-0.39, 0.29) is 5.97 Å². The van der Waals surface area contributed by atoms with Gasteiger partial charge in [-0.05, 0) is 51.0 Å². The fraction of sp³-hybridized carbons (Fsp3) is 0.938. The number of carbonyl (C=O) groups is 1. The molecule has 0 spiro atoms. The smallest absolute Gasteiger partial charge is 0.305 e. The van der Waals surface area contributed by atoms with Gasteiger partial charge in [0.2, 0.25) is 0 Å². The van der Waals surface area contributed by atoms with Gasteiger partial charge in [-0.3, -0.25) is 4.79 Å². The van der Waals surface area contributed by atoms with E-state index in [1.807, 2.05) is 6.92 Å². The first-order chi connectivity index (χ1) is 9.19. The Kier molecular flexibility index (Phi) is 8.11. The molecule has 3 atom stereocenters. The molecule has 1 rings (SSSR count). The number of rotatable bonds is 9. The lowest BCUT2D eigenvalue weighted by atomic mass is 9.93. The molecule has 0 saturated heterocycles. The fourth-order valence-electron chi connectivity index (χ4n) is 3.20. The van der Waals surface area contributed by atoms with Crippen molar-refractivity contribution in [1.29, 1.82) is 0 Å². The molecule has 3 heteroatoms. The van der Waals surface area contributed by atoms with Crippen LogP contribution in [0.5, 0.6) is 0 Å². The molecule has 1 N–H and O–H groups in total. The van der Waals surface area contributed by atoms with E-state index in [0.717, 1.165) is 37.3 Å². The number of unbranched alkanes of at least 4 members (excludes halogenated alkanes) is 2. The van der Waals surface area contributed by atoms with Crippen LogP contribution in [0.3, 0.4) is 0 Å². The molecule has 112 valence electrons. The lowest BCUT2D eigenvalue weighted by Crippen LogP contribution is -2.33. The summed E-state index contributed by atoms with van der Waals surface area (Å²) in [7, 11) is 0. The van der Waals surface area contributed by atoms with E-state index >= 15 is 0 Å². The summed E-state index contributed by atoms with van der Waals surface area (Å²) in [6, 6.07) is 0.718. The molecule has 1 fully saturated rings. The van der Waals surface area contributed by atoms with Crippen molar-refractivity contribution in [1.82, 2.24) is 5.32 Å². The van der Waals surface area contributed by atoms with Gasteiger partial charge in [-0.15, -0.1) is 0 Å². The zero-order valence-corrected chi connectivity index (χ0v) is 12.9. The van der Waals surface area contributed by atoms with Gasteiger partial charge in [0.1, 0.15) is 0 Å². The van der Waals surface area contributed by atoms with Gasteiger partial charge in [-0.1, -0.05) is 26.7 Å². The average Bonchev–Trinajstić information content (AvgIpc) is 2.75. The quantitative estimate of drug-likeness (QED) is 0.514. The Bertz CT molecular complexity index is 255. The van der Waals surface area contributed by atoms with E-state index in [2.05, 4.69) is 19.2 Å². The van der Waals surface area contributed by atoms with Crippen LogP contribution in [0, 0.1) is 11.8 Å². The fourth-order valence-corrected chi connectivity index (χ4v) is 3.20. The minimum Gasteiger partial charge on any atom is -0.466 e. The number of hydrogen-bond acceptors (Lipinski definition) is 3. The highest BCUT2D eigenvalue weighted by molar-refractivity contribution is 5.69. The summed E-state index contributed by atoms with van der Waals surface area (Å²) in [5, 5.41) is 3.69. The Morgan fingerprint density at radius 3 is 2.63 bits per heavy atom. The van der Waals surface area contributed by atoms with Gasteiger partial charge in [0.25, 0.3) is 0 Å². The molecule has 0 amide bonds. The summed E-state index contributed by atoms with van der Waals surface area (Å²) in [6.07, 6.45) is 7.85. The van der Waals surface area contributed by atoms with Crippen LogP contribution in [0.1, 0.15) is 65.7 Å². The van der Waals surface area contributed by atoms with Gasteiger partial charge in [0, 0.05) is 12.5 Å². The summed E-state index contributed by atoms with van der Waals surface area (Å²) in [6.45, 7) is 8.14. The maximum Gasteiger partial charge on any atom is 0.305 e. The first-order valence-electron chi connectivity index (χ1n) is 8.08. The van der Waals surface area contributed by atoms with E-state index in [1.165, 1.54) is 25.7 Å². The van der Waals surface area contributed by atoms with Gasteiger partial charge in [-0.25, -0.2) is 0 Å². The van der Waals surface area contributed by atoms with Crippen LogP contribution >= 0.6 is 0 Å². The zero-order chi connectivity index (χ0) is 14.1. The van der Waals surface area contributed by atoms with Crippen molar-refractivity contribution in [2.45, 2.75) is 71.8 Å². The molecule has 19 heavy (non-hydrogen) atoms. The van der Waals surface area contributed by atoms with Gasteiger partial charge in [0.05, 0.1) is 6.61 Å². The zero-order valence-electron chi connectivity index (χ0n) is 12.9. The monoisotopic (exact) mass is 269 g/mol. The summed E-state index contributed by atoms with van der Waals surface area (Å²) >= 11 is 0. The Morgan fingerprint density at radius 1 is 1.21 bits per heavy atom. The number of nitrogens with one attached hydrogen (secondary N) is 1. The molecule has 0 heterocycles. The molecule has 0 bridgehead atoms. The maximum atomic E-state index is 11.2. The van der Waals surface area contributed by atoms with Gasteiger partial charge < -0.3 is 10.1 Å². The highest BCUT2D eigenvalue weighted by Gasteiger charge is 2.30. The van der Waals surface area contributed by atoms with Crippen LogP contribution < -0.4 is 5.32 Å². The average molecular weight is 269 g/mol. The van der Waals surface area contributed by atoms with Crippen LogP contribution in [0.25, 0.3) is 0 Å². The molecule has 0 aliphatic heterocycles. The number of hydrogen-bond donors (Lipinski definition) is 1. The van der Waals surface area contributed by atoms with Crippen molar-refractivity contribution in [3.63, 3.8) is 0 Å². The molecule has 3 unspecified atom stereocenters. The second-order valence-corrected chi connectivity index (χ2v) is 5.78. The van der Waals surface area contributed by atoms with Crippen molar-refractivity contribution in [3.8, 4) is 0 Å². The second-order valence-electron chi connectivity index (χ2n) is 5.78. The van der Waals surface area contributed by atoms with Crippen molar-refractivity contribution in [2.24, 2.45) is 11.8 Å². The standard InChI is InChI=1S/C16H31NO2/c1-4-14-10-11-15(13(14)3)17-12-8-6-7-9-16(18)19-5-2/h13-15,17H,4-12H2,1-3H3. The van der Waals surface area contributed by atoms with Crippen molar-refractivity contribution in [3.05, 3.63) is 0 Å². The van der Waals surface area contributed by atoms with E-state index in [0.29, 0.717) is 13.0 Å². The Morgan fingerprint density at radius 2 is 2.00 bits per heavy atom. The highest BCUT2D eigenvalue weighted by atomic mass is 16.5. The summed E-state index contributed by atoms with van der Waals surface area (Å²) < 4.78 is 4.91. The molecular formula is C16H31NO2. The third-order valence-corrected chi connectivity index (χ3v) is 4.52. The minimum atomic E-state index is -0.0503. The third-order valence-electron chi connectivity index (χ3n) is 4.52. The Hall–Kier alpha value is -0.570. The third kappa shape index (κ3) is 5.94. The SMILES string of the molecule is CCOC(=O)CCCCCNC1CCC(CC)C1C. The molecule has 1 aliphatic carbocycles. The van der Waals surface area contributed by atoms with Crippen LogP contribution in [-0.4, -0.2) is 25.2 Å². The molecule has 0 aromatic carbocycles. The van der Waals surface area contributed by atoms with Crippen molar-refractivity contribution >= 4 is 5.97 Å². The normalized spacial score (nSPS) is 26.6. The molecule has 1 saturated carbocycles. The van der Waals surface area contributed by atoms with Crippen molar-refractivity contribution < 1.29 is 9.53 Å². The predicted octanol–water partition coefficient (Wildman–Crippen LogP) is 3.52. The molecule has 0 radical (unpaired) electrons. The molecule has 3 nitrogen and oxygen atoms in total. The minimum absolute atomic E-state index is 0.0503. The lowest BCUT2D eigenvalue weighted by molar-refractivity contribution is -0.143. The summed E-state index contributed by atoms with van der Waals surface area (Å²) in [5.41, 5.74) is 0. The highest BCUT2D eigenvalue weighted by Crippen LogP contribution is 2.33. The van der Waals surface area contributed by atoms with Crippen LogP contribution in [0.4, 0.5) is 0 Å². The molecule has 0 aromatic rings. The molecular weight excluding hydrogens is 238 g/mol. The Labute approximate surface area is 118 Å². The van der Waals surface area contributed by atoms with Gasteiger partial charge in [0.15, 0.2) is 0 Å². The second kappa shape index (κ2) is 9.35. The van der Waals surface area contributed by atoms with E-state index in [4.69, 9.17) is 4.74 Å². The summed E-state index contributed by atoms with van der Waals surface area (Å²) in [5.74, 6) is 1.69. The van der Waals surface area contributed by atoms with Gasteiger partial charge >= 0.3 is 5.97 Å². The lowest BCUT2D eigenvalue weighted by Gasteiger charge is -2.21. The number of carbonyl (C=O) groups excluding carboxylic acids is 1. The van der Waals surface area contributed by atoms with Gasteiger partial charge in [-0.2, -0.15) is 0 Å². The first-order valence-corrected chi connectivity index (χ1v) is 8.08. The number of ether oxygens (including phenoxy) is 1. The van der Waals surface area contributed by atoms with E-state index in [9.17, 15) is 4.79 Å². The maximum absolute atomic E-state index is 11.2. The first kappa shape index (κ1) is 16.5. The van der Waals surface area contributed by atoms with Crippen molar-refractivity contribution in [2.75, 3.05) is 13.2 Å². The van der Waals surface area contributed by atoms with E-state index in [1.54, 1.807) is 0 Å². The van der Waals surface area contributed by atoms with Crippen LogP contribution in [0.15, 0.2) is 0 Å². The Balaban J connectivity index is 1.98. The van der Waals surface area contributed by atoms with E-state index < -0.39 is 0 Å². The summed E-state index contributed by atoms with van der Waals surface area (Å²) in [4.78, 5) is 11.2. The topological polar surface area (TPSA) is 38.3 Å². The molecule has 0 aromatic heterocycles. The largest absolute Gasteiger partial charge is 0.466 e.